The summed E-state index contributed by atoms with van der Waals surface area (Å²) >= 11 is 0. The number of guanidine groups is 1. The molecule has 0 fully saturated rings. The lowest BCUT2D eigenvalue weighted by atomic mass is 10.1. The summed E-state index contributed by atoms with van der Waals surface area (Å²) in [6.07, 6.45) is 5.04. The van der Waals surface area contributed by atoms with E-state index >= 15 is 0 Å². The first-order valence-corrected chi connectivity index (χ1v) is 9.03. The number of carbonyl (C=O) groups is 1. The Hall–Kier alpha value is -2.11. The van der Waals surface area contributed by atoms with Crippen molar-refractivity contribution in [2.45, 2.75) is 52.0 Å². The molecule has 140 valence electrons. The molecule has 1 atom stereocenters. The van der Waals surface area contributed by atoms with E-state index in [1.807, 2.05) is 0 Å². The topological polar surface area (TPSA) is 65.5 Å². The third kappa shape index (κ3) is 9.69. The maximum Gasteiger partial charge on any atom is 0.224 e. The molecule has 0 saturated heterocycles. The van der Waals surface area contributed by atoms with E-state index in [4.69, 9.17) is 0 Å². The van der Waals surface area contributed by atoms with Gasteiger partial charge in [-0.1, -0.05) is 38.3 Å². The van der Waals surface area contributed by atoms with Crippen molar-refractivity contribution in [3.63, 3.8) is 0 Å². The van der Waals surface area contributed by atoms with Crippen molar-refractivity contribution < 1.29 is 9.18 Å². The predicted octanol–water partition coefficient (Wildman–Crippen LogP) is 2.62. The number of amides is 1. The van der Waals surface area contributed by atoms with Crippen LogP contribution in [0, 0.1) is 5.82 Å². The van der Waals surface area contributed by atoms with Crippen molar-refractivity contribution >= 4 is 11.9 Å². The number of unbranched alkanes of at least 4 members (excludes halogenated alkanes) is 2. The van der Waals surface area contributed by atoms with E-state index in [9.17, 15) is 9.18 Å². The molecule has 1 unspecified atom stereocenters. The first-order valence-electron chi connectivity index (χ1n) is 9.03. The summed E-state index contributed by atoms with van der Waals surface area (Å²) in [7, 11) is 1.74. The molecule has 1 aromatic rings. The average molecular weight is 350 g/mol. The van der Waals surface area contributed by atoms with Crippen molar-refractivity contribution in [2.24, 2.45) is 4.99 Å². The minimum Gasteiger partial charge on any atom is -0.355 e. The number of hydrogen-bond acceptors (Lipinski definition) is 2. The van der Waals surface area contributed by atoms with E-state index in [1.54, 1.807) is 19.2 Å². The molecule has 0 aliphatic rings. The van der Waals surface area contributed by atoms with Crippen molar-refractivity contribution in [3.8, 4) is 0 Å². The van der Waals surface area contributed by atoms with Gasteiger partial charge in [0.15, 0.2) is 5.96 Å². The number of nitrogens with zero attached hydrogens (tertiary/aromatic N) is 1. The monoisotopic (exact) mass is 350 g/mol. The highest BCUT2D eigenvalue weighted by molar-refractivity contribution is 5.80. The Bertz CT molecular complexity index is 531. The van der Waals surface area contributed by atoms with E-state index in [0.29, 0.717) is 19.1 Å². The first kappa shape index (κ1) is 20.9. The normalized spacial score (nSPS) is 12.6. The Labute approximate surface area is 150 Å². The summed E-state index contributed by atoms with van der Waals surface area (Å²) in [5, 5.41) is 9.38. The predicted molar refractivity (Wildman–Crippen MR) is 101 cm³/mol. The van der Waals surface area contributed by atoms with Crippen LogP contribution < -0.4 is 16.0 Å². The van der Waals surface area contributed by atoms with Crippen molar-refractivity contribution in [1.29, 1.82) is 0 Å². The van der Waals surface area contributed by atoms with Crippen molar-refractivity contribution in [2.75, 3.05) is 20.1 Å². The molecule has 0 spiro atoms. The number of carbonyl (C=O) groups excluding carboxylic acids is 1. The molecule has 0 bridgehead atoms. The van der Waals surface area contributed by atoms with Crippen LogP contribution in [0.3, 0.4) is 0 Å². The van der Waals surface area contributed by atoms with Gasteiger partial charge in [0.2, 0.25) is 5.91 Å². The molecule has 5 nitrogen and oxygen atoms in total. The van der Waals surface area contributed by atoms with Gasteiger partial charge < -0.3 is 16.0 Å². The molecule has 0 aromatic heterocycles. The highest BCUT2D eigenvalue weighted by Gasteiger charge is 2.06. The summed E-state index contributed by atoms with van der Waals surface area (Å²) in [6, 6.07) is 6.34. The van der Waals surface area contributed by atoms with Crippen molar-refractivity contribution in [3.05, 3.63) is 35.6 Å². The smallest absolute Gasteiger partial charge is 0.224 e. The molecule has 0 radical (unpaired) electrons. The maximum atomic E-state index is 12.8. The molecule has 25 heavy (non-hydrogen) atoms. The summed E-state index contributed by atoms with van der Waals surface area (Å²) in [4.78, 5) is 16.1. The van der Waals surface area contributed by atoms with Crippen LogP contribution in [-0.4, -0.2) is 38.0 Å². The number of nitrogens with one attached hydrogen (secondary N) is 3. The molecule has 1 rings (SSSR count). The van der Waals surface area contributed by atoms with Gasteiger partial charge in [0.1, 0.15) is 5.82 Å². The van der Waals surface area contributed by atoms with Gasteiger partial charge in [0, 0.05) is 26.2 Å². The van der Waals surface area contributed by atoms with Crippen LogP contribution in [-0.2, 0) is 11.2 Å². The van der Waals surface area contributed by atoms with E-state index < -0.39 is 0 Å². The second kappa shape index (κ2) is 12.3. The Balaban J connectivity index is 2.19. The van der Waals surface area contributed by atoms with E-state index in [1.165, 1.54) is 31.4 Å². The zero-order valence-corrected chi connectivity index (χ0v) is 15.6. The molecular weight excluding hydrogens is 319 g/mol. The van der Waals surface area contributed by atoms with Gasteiger partial charge in [0.25, 0.3) is 0 Å². The third-order valence-electron chi connectivity index (χ3n) is 3.86. The molecule has 1 amide bonds. The second-order valence-electron chi connectivity index (χ2n) is 6.19. The average Bonchev–Trinajstić information content (AvgIpc) is 2.60. The van der Waals surface area contributed by atoms with Gasteiger partial charge in [-0.25, -0.2) is 4.39 Å². The molecular formula is C19H31FN4O. The number of aliphatic imine (C=N–C) groups is 1. The molecule has 1 aromatic carbocycles. The number of rotatable bonds is 10. The number of hydrogen-bond donors (Lipinski definition) is 3. The van der Waals surface area contributed by atoms with E-state index in [0.717, 1.165) is 17.9 Å². The van der Waals surface area contributed by atoms with Gasteiger partial charge >= 0.3 is 0 Å². The van der Waals surface area contributed by atoms with Gasteiger partial charge in [-0.2, -0.15) is 0 Å². The largest absolute Gasteiger partial charge is 0.355 e. The SMILES string of the molecule is CCCCCC(C)NC(=NC)NCCNC(=O)Cc1ccc(F)cc1. The minimum absolute atomic E-state index is 0.0794. The fourth-order valence-corrected chi connectivity index (χ4v) is 2.43. The lowest BCUT2D eigenvalue weighted by Gasteiger charge is -2.18. The quantitative estimate of drug-likeness (QED) is 0.345. The zero-order valence-electron chi connectivity index (χ0n) is 15.6. The maximum absolute atomic E-state index is 12.8. The first-order chi connectivity index (χ1) is 12.0. The van der Waals surface area contributed by atoms with Crippen molar-refractivity contribution in [1.82, 2.24) is 16.0 Å². The second-order valence-corrected chi connectivity index (χ2v) is 6.19. The van der Waals surface area contributed by atoms with Gasteiger partial charge in [-0.15, -0.1) is 0 Å². The minimum atomic E-state index is -0.295. The Morgan fingerprint density at radius 2 is 1.84 bits per heavy atom. The van der Waals surface area contributed by atoms with Crippen LogP contribution in [0.1, 0.15) is 45.1 Å². The van der Waals surface area contributed by atoms with Gasteiger partial charge in [-0.05, 0) is 31.0 Å². The van der Waals surface area contributed by atoms with Crippen LogP contribution in [0.5, 0.6) is 0 Å². The molecule has 0 saturated carbocycles. The summed E-state index contributed by atoms with van der Waals surface area (Å²) in [5.74, 6) is 0.372. The van der Waals surface area contributed by atoms with Crippen LogP contribution in [0.15, 0.2) is 29.3 Å². The summed E-state index contributed by atoms with van der Waals surface area (Å²) in [5.41, 5.74) is 0.797. The highest BCUT2D eigenvalue weighted by Crippen LogP contribution is 2.03. The Morgan fingerprint density at radius 1 is 1.16 bits per heavy atom. The lowest BCUT2D eigenvalue weighted by molar-refractivity contribution is -0.120. The fraction of sp³-hybridized carbons (Fsp3) is 0.579. The van der Waals surface area contributed by atoms with Crippen LogP contribution in [0.25, 0.3) is 0 Å². The van der Waals surface area contributed by atoms with Crippen LogP contribution in [0.4, 0.5) is 4.39 Å². The molecule has 0 heterocycles. The summed E-state index contributed by atoms with van der Waals surface area (Å²) < 4.78 is 12.8. The van der Waals surface area contributed by atoms with E-state index in [2.05, 4.69) is 34.8 Å². The van der Waals surface area contributed by atoms with Crippen LogP contribution >= 0.6 is 0 Å². The standard InChI is InChI=1S/C19H31FN4O/c1-4-5-6-7-15(2)24-19(21-3)23-13-12-22-18(25)14-16-8-10-17(20)11-9-16/h8-11,15H,4-7,12-14H2,1-3H3,(H,22,25)(H2,21,23,24). The molecule has 3 N–H and O–H groups in total. The third-order valence-corrected chi connectivity index (χ3v) is 3.86. The van der Waals surface area contributed by atoms with Crippen LogP contribution in [0.2, 0.25) is 0 Å². The molecule has 0 aliphatic heterocycles. The lowest BCUT2D eigenvalue weighted by Crippen LogP contribution is -2.44. The zero-order chi connectivity index (χ0) is 18.5. The highest BCUT2D eigenvalue weighted by atomic mass is 19.1. The van der Waals surface area contributed by atoms with E-state index in [-0.39, 0.29) is 18.1 Å². The Kier molecular flexibility index (Phi) is 10.3. The molecule has 6 heteroatoms. The van der Waals surface area contributed by atoms with Gasteiger partial charge in [0.05, 0.1) is 6.42 Å². The summed E-state index contributed by atoms with van der Waals surface area (Å²) in [6.45, 7) is 5.44. The molecule has 0 aliphatic carbocycles. The Morgan fingerprint density at radius 3 is 2.48 bits per heavy atom. The fourth-order valence-electron chi connectivity index (χ4n) is 2.43. The van der Waals surface area contributed by atoms with Gasteiger partial charge in [-0.3, -0.25) is 9.79 Å². The number of halogens is 1. The number of benzene rings is 1.